The highest BCUT2D eigenvalue weighted by molar-refractivity contribution is 7.09. The van der Waals surface area contributed by atoms with E-state index in [-0.39, 0.29) is 5.91 Å². The van der Waals surface area contributed by atoms with E-state index in [0.717, 1.165) is 23.5 Å². The van der Waals surface area contributed by atoms with Crippen molar-refractivity contribution in [3.63, 3.8) is 0 Å². The van der Waals surface area contributed by atoms with E-state index in [1.807, 2.05) is 12.3 Å². The third-order valence-corrected chi connectivity index (χ3v) is 4.35. The van der Waals surface area contributed by atoms with Gasteiger partial charge >= 0.3 is 5.97 Å². The van der Waals surface area contributed by atoms with Gasteiger partial charge < -0.3 is 10.4 Å². The monoisotopic (exact) mass is 282 g/mol. The van der Waals surface area contributed by atoms with Gasteiger partial charge in [0.15, 0.2) is 0 Å². The second-order valence-electron chi connectivity index (χ2n) is 4.91. The average Bonchev–Trinajstić information content (AvgIpc) is 2.81. The van der Waals surface area contributed by atoms with Gasteiger partial charge in [0.25, 0.3) is 0 Å². The number of amides is 1. The maximum absolute atomic E-state index is 12.1. The SMILES string of the molecule is Cc1nc(CNC(=O)[C@@H]2CCCC[C@@H]2C(=O)O)cs1. The van der Waals surface area contributed by atoms with Gasteiger partial charge in [0.2, 0.25) is 5.91 Å². The number of hydrogen-bond acceptors (Lipinski definition) is 4. The second kappa shape index (κ2) is 6.14. The van der Waals surface area contributed by atoms with Crippen LogP contribution in [-0.4, -0.2) is 22.0 Å². The molecule has 0 bridgehead atoms. The van der Waals surface area contributed by atoms with Crippen LogP contribution in [0.2, 0.25) is 0 Å². The fourth-order valence-electron chi connectivity index (χ4n) is 2.54. The topological polar surface area (TPSA) is 79.3 Å². The Morgan fingerprint density at radius 3 is 2.68 bits per heavy atom. The molecule has 0 spiro atoms. The van der Waals surface area contributed by atoms with Gasteiger partial charge in [-0.2, -0.15) is 0 Å². The van der Waals surface area contributed by atoms with E-state index < -0.39 is 17.8 Å². The quantitative estimate of drug-likeness (QED) is 0.884. The molecule has 1 aliphatic carbocycles. The lowest BCUT2D eigenvalue weighted by molar-refractivity contribution is -0.148. The van der Waals surface area contributed by atoms with E-state index in [1.165, 1.54) is 0 Å². The first-order valence-electron chi connectivity index (χ1n) is 6.49. The Morgan fingerprint density at radius 2 is 2.11 bits per heavy atom. The molecule has 0 saturated heterocycles. The molecular formula is C13H18N2O3S. The summed E-state index contributed by atoms with van der Waals surface area (Å²) in [5.74, 6) is -1.95. The molecule has 1 fully saturated rings. The van der Waals surface area contributed by atoms with Gasteiger partial charge in [-0.1, -0.05) is 12.8 Å². The van der Waals surface area contributed by atoms with Crippen LogP contribution in [0.25, 0.3) is 0 Å². The highest BCUT2D eigenvalue weighted by Crippen LogP contribution is 2.30. The van der Waals surface area contributed by atoms with Crippen molar-refractivity contribution in [3.05, 3.63) is 16.1 Å². The number of rotatable bonds is 4. The number of carboxylic acid groups (broad SMARTS) is 1. The Labute approximate surface area is 116 Å². The van der Waals surface area contributed by atoms with Crippen molar-refractivity contribution < 1.29 is 14.7 Å². The summed E-state index contributed by atoms with van der Waals surface area (Å²) >= 11 is 1.54. The predicted molar refractivity (Wildman–Crippen MR) is 71.8 cm³/mol. The van der Waals surface area contributed by atoms with E-state index in [0.29, 0.717) is 19.4 Å². The molecule has 0 unspecified atom stereocenters. The normalized spacial score (nSPS) is 23.0. The first kappa shape index (κ1) is 14.0. The zero-order valence-electron chi connectivity index (χ0n) is 10.9. The number of aryl methyl sites for hydroxylation is 1. The minimum atomic E-state index is -0.857. The molecule has 104 valence electrons. The molecule has 1 saturated carbocycles. The van der Waals surface area contributed by atoms with Gasteiger partial charge in [-0.15, -0.1) is 11.3 Å². The lowest BCUT2D eigenvalue weighted by Gasteiger charge is -2.27. The molecule has 0 aromatic carbocycles. The van der Waals surface area contributed by atoms with E-state index in [2.05, 4.69) is 10.3 Å². The Hall–Kier alpha value is -1.43. The fraction of sp³-hybridized carbons (Fsp3) is 0.615. The number of aromatic nitrogens is 1. The van der Waals surface area contributed by atoms with Crippen molar-refractivity contribution in [2.24, 2.45) is 11.8 Å². The second-order valence-corrected chi connectivity index (χ2v) is 5.97. The van der Waals surface area contributed by atoms with Crippen LogP contribution in [0.4, 0.5) is 0 Å². The van der Waals surface area contributed by atoms with Crippen LogP contribution >= 0.6 is 11.3 Å². The molecule has 0 aliphatic heterocycles. The zero-order valence-corrected chi connectivity index (χ0v) is 11.7. The summed E-state index contributed by atoms with van der Waals surface area (Å²) in [6, 6.07) is 0. The number of carboxylic acids is 1. The molecule has 2 atom stereocenters. The first-order valence-corrected chi connectivity index (χ1v) is 7.37. The van der Waals surface area contributed by atoms with Gasteiger partial charge in [-0.25, -0.2) is 4.98 Å². The van der Waals surface area contributed by atoms with Crippen LogP contribution in [0.5, 0.6) is 0 Å². The van der Waals surface area contributed by atoms with Crippen LogP contribution in [0, 0.1) is 18.8 Å². The Morgan fingerprint density at radius 1 is 1.42 bits per heavy atom. The maximum Gasteiger partial charge on any atom is 0.307 e. The molecule has 2 rings (SSSR count). The molecule has 1 aliphatic rings. The number of thiazole rings is 1. The number of carbonyl (C=O) groups excluding carboxylic acids is 1. The Kier molecular flexibility index (Phi) is 4.52. The molecule has 1 aromatic rings. The lowest BCUT2D eigenvalue weighted by Crippen LogP contribution is -2.39. The van der Waals surface area contributed by atoms with Crippen LogP contribution < -0.4 is 5.32 Å². The molecular weight excluding hydrogens is 264 g/mol. The van der Waals surface area contributed by atoms with Crippen molar-refractivity contribution in [2.45, 2.75) is 39.2 Å². The van der Waals surface area contributed by atoms with Crippen molar-refractivity contribution >= 4 is 23.2 Å². The third-order valence-electron chi connectivity index (χ3n) is 3.53. The molecule has 19 heavy (non-hydrogen) atoms. The lowest BCUT2D eigenvalue weighted by atomic mass is 9.79. The largest absolute Gasteiger partial charge is 0.481 e. The van der Waals surface area contributed by atoms with Gasteiger partial charge in [-0.3, -0.25) is 9.59 Å². The highest BCUT2D eigenvalue weighted by Gasteiger charge is 2.35. The number of nitrogens with one attached hydrogen (secondary N) is 1. The van der Waals surface area contributed by atoms with Gasteiger partial charge in [0, 0.05) is 5.38 Å². The number of nitrogens with zero attached hydrogens (tertiary/aromatic N) is 1. The Bertz CT molecular complexity index is 472. The summed E-state index contributed by atoms with van der Waals surface area (Å²) in [6.45, 7) is 2.30. The fourth-order valence-corrected chi connectivity index (χ4v) is 3.15. The summed E-state index contributed by atoms with van der Waals surface area (Å²) in [7, 11) is 0. The Balaban J connectivity index is 1.92. The van der Waals surface area contributed by atoms with E-state index >= 15 is 0 Å². The summed E-state index contributed by atoms with van der Waals surface area (Å²) in [5, 5.41) is 14.8. The smallest absolute Gasteiger partial charge is 0.307 e. The van der Waals surface area contributed by atoms with Crippen LogP contribution in [0.3, 0.4) is 0 Å². The molecule has 2 N–H and O–H groups in total. The first-order chi connectivity index (χ1) is 9.08. The summed E-state index contributed by atoms with van der Waals surface area (Å²) < 4.78 is 0. The van der Waals surface area contributed by atoms with Crippen molar-refractivity contribution in [2.75, 3.05) is 0 Å². The van der Waals surface area contributed by atoms with Crippen LogP contribution in [0.15, 0.2) is 5.38 Å². The average molecular weight is 282 g/mol. The minimum absolute atomic E-state index is 0.155. The number of carbonyl (C=O) groups is 2. The summed E-state index contributed by atoms with van der Waals surface area (Å²) in [5.41, 5.74) is 0.832. The molecule has 6 heteroatoms. The van der Waals surface area contributed by atoms with Crippen molar-refractivity contribution in [3.8, 4) is 0 Å². The molecule has 1 heterocycles. The summed E-state index contributed by atoms with van der Waals surface area (Å²) in [4.78, 5) is 27.5. The van der Waals surface area contributed by atoms with Gasteiger partial charge in [-0.05, 0) is 19.8 Å². The highest BCUT2D eigenvalue weighted by atomic mass is 32.1. The predicted octanol–water partition coefficient (Wildman–Crippen LogP) is 1.96. The van der Waals surface area contributed by atoms with E-state index in [4.69, 9.17) is 5.11 Å². The van der Waals surface area contributed by atoms with Gasteiger partial charge in [0.05, 0.1) is 29.1 Å². The molecule has 5 nitrogen and oxygen atoms in total. The maximum atomic E-state index is 12.1. The molecule has 1 amide bonds. The van der Waals surface area contributed by atoms with Gasteiger partial charge in [0.1, 0.15) is 0 Å². The van der Waals surface area contributed by atoms with Crippen LogP contribution in [0.1, 0.15) is 36.4 Å². The zero-order chi connectivity index (χ0) is 13.8. The van der Waals surface area contributed by atoms with E-state index in [9.17, 15) is 9.59 Å². The number of aliphatic carboxylic acids is 1. The van der Waals surface area contributed by atoms with Crippen molar-refractivity contribution in [1.82, 2.24) is 10.3 Å². The number of hydrogen-bond donors (Lipinski definition) is 2. The minimum Gasteiger partial charge on any atom is -0.481 e. The molecule has 0 radical (unpaired) electrons. The van der Waals surface area contributed by atoms with Crippen molar-refractivity contribution in [1.29, 1.82) is 0 Å². The molecule has 1 aromatic heterocycles. The third kappa shape index (κ3) is 3.53. The standard InChI is InChI=1S/C13H18N2O3S/c1-8-15-9(7-19-8)6-14-12(16)10-4-2-3-5-11(10)13(17)18/h7,10-11H,2-6H2,1H3,(H,14,16)(H,17,18)/t10-,11+/m1/s1. The summed E-state index contributed by atoms with van der Waals surface area (Å²) in [6.07, 6.45) is 3.09. The van der Waals surface area contributed by atoms with Crippen LogP contribution in [-0.2, 0) is 16.1 Å². The van der Waals surface area contributed by atoms with E-state index in [1.54, 1.807) is 11.3 Å².